The summed E-state index contributed by atoms with van der Waals surface area (Å²) < 4.78 is 7.62. The first-order chi connectivity index (χ1) is 10.7. The van der Waals surface area contributed by atoms with E-state index >= 15 is 0 Å². The van der Waals surface area contributed by atoms with Crippen molar-refractivity contribution in [3.05, 3.63) is 40.3 Å². The molecule has 0 atom stereocenters. The van der Waals surface area contributed by atoms with Gasteiger partial charge in [-0.3, -0.25) is 4.79 Å². The molecule has 23 heavy (non-hydrogen) atoms. The zero-order valence-corrected chi connectivity index (χ0v) is 14.5. The quantitative estimate of drug-likeness (QED) is 0.762. The number of aromatic nitrogens is 3. The number of ether oxygens (including phenoxy) is 1. The summed E-state index contributed by atoms with van der Waals surface area (Å²) >= 11 is 3.32. The number of nitrogens with zero attached hydrogens (tertiary/aromatic N) is 4. The lowest BCUT2D eigenvalue weighted by Crippen LogP contribution is -2.37. The normalized spacial score (nSPS) is 14.1. The Labute approximate surface area is 141 Å². The largest absolute Gasteiger partial charge is 0.443 e. The van der Waals surface area contributed by atoms with Crippen LogP contribution in [0.25, 0.3) is 5.82 Å². The third-order valence-electron chi connectivity index (χ3n) is 3.13. The van der Waals surface area contributed by atoms with Crippen LogP contribution in [-0.2, 0) is 11.3 Å². The second-order valence-electron chi connectivity index (χ2n) is 6.14. The van der Waals surface area contributed by atoms with Crippen molar-refractivity contribution in [3.63, 3.8) is 0 Å². The fourth-order valence-corrected chi connectivity index (χ4v) is 2.39. The van der Waals surface area contributed by atoms with Crippen LogP contribution in [0.3, 0.4) is 0 Å². The van der Waals surface area contributed by atoms with Crippen LogP contribution < -0.4 is 0 Å². The predicted octanol–water partition coefficient (Wildman–Crippen LogP) is 2.92. The highest BCUT2D eigenvalue weighted by atomic mass is 79.9. The van der Waals surface area contributed by atoms with Gasteiger partial charge in [-0.15, -0.1) is 0 Å². The Kier molecular flexibility index (Phi) is 3.71. The van der Waals surface area contributed by atoms with Gasteiger partial charge < -0.3 is 4.74 Å². The van der Waals surface area contributed by atoms with Gasteiger partial charge in [0.2, 0.25) is 0 Å². The van der Waals surface area contributed by atoms with E-state index in [1.54, 1.807) is 39.2 Å². The van der Waals surface area contributed by atoms with Crippen molar-refractivity contribution in [2.24, 2.45) is 0 Å². The number of pyridine rings is 1. The summed E-state index contributed by atoms with van der Waals surface area (Å²) in [7, 11) is 0. The van der Waals surface area contributed by atoms with E-state index in [9.17, 15) is 9.59 Å². The Bertz CT molecular complexity index is 777. The van der Waals surface area contributed by atoms with Gasteiger partial charge in [0.15, 0.2) is 5.82 Å². The van der Waals surface area contributed by atoms with E-state index in [0.29, 0.717) is 17.1 Å². The summed E-state index contributed by atoms with van der Waals surface area (Å²) in [6.45, 7) is 5.37. The molecule has 0 radical (unpaired) electrons. The predicted molar refractivity (Wildman–Crippen MR) is 85.2 cm³/mol. The first-order valence-corrected chi connectivity index (χ1v) is 7.79. The molecule has 8 heteroatoms. The number of imide groups is 1. The standard InChI is InChI=1S/C15H15BrN4O3/c1-15(2,3)23-14(22)19-8-11-10(13(19)21)7-20(18-11)12-5-4-9(16)6-17-12/h4-7H,8H2,1-3H3. The monoisotopic (exact) mass is 378 g/mol. The van der Waals surface area contributed by atoms with Crippen LogP contribution in [0, 0.1) is 0 Å². The fourth-order valence-electron chi connectivity index (χ4n) is 2.16. The summed E-state index contributed by atoms with van der Waals surface area (Å²) in [5, 5.41) is 4.34. The van der Waals surface area contributed by atoms with E-state index in [2.05, 4.69) is 26.0 Å². The molecule has 2 aromatic rings. The lowest BCUT2D eigenvalue weighted by atomic mass is 10.2. The van der Waals surface area contributed by atoms with Crippen molar-refractivity contribution in [2.75, 3.05) is 0 Å². The highest BCUT2D eigenvalue weighted by molar-refractivity contribution is 9.10. The maximum atomic E-state index is 12.4. The SMILES string of the molecule is CC(C)(C)OC(=O)N1Cc2nn(-c3ccc(Br)cn3)cc2C1=O. The van der Waals surface area contributed by atoms with Crippen LogP contribution in [-0.4, -0.2) is 37.3 Å². The molecule has 0 saturated heterocycles. The topological polar surface area (TPSA) is 77.3 Å². The van der Waals surface area contributed by atoms with Crippen molar-refractivity contribution in [2.45, 2.75) is 32.9 Å². The van der Waals surface area contributed by atoms with Crippen molar-refractivity contribution < 1.29 is 14.3 Å². The first kappa shape index (κ1) is 15.7. The minimum absolute atomic E-state index is 0.104. The number of hydrogen-bond donors (Lipinski definition) is 0. The molecule has 0 bridgehead atoms. The molecule has 0 N–H and O–H groups in total. The fraction of sp³-hybridized carbons (Fsp3) is 0.333. The zero-order chi connectivity index (χ0) is 16.8. The van der Waals surface area contributed by atoms with Gasteiger partial charge in [-0.05, 0) is 48.8 Å². The number of hydrogen-bond acceptors (Lipinski definition) is 5. The molecule has 0 aromatic carbocycles. The van der Waals surface area contributed by atoms with Gasteiger partial charge in [0.25, 0.3) is 5.91 Å². The van der Waals surface area contributed by atoms with E-state index in [4.69, 9.17) is 4.74 Å². The zero-order valence-electron chi connectivity index (χ0n) is 12.9. The number of carbonyl (C=O) groups excluding carboxylic acids is 2. The lowest BCUT2D eigenvalue weighted by molar-refractivity contribution is 0.0246. The molecule has 1 aliphatic heterocycles. The van der Waals surface area contributed by atoms with Crippen LogP contribution >= 0.6 is 15.9 Å². The summed E-state index contributed by atoms with van der Waals surface area (Å²) in [5.41, 5.74) is 0.268. The molecule has 0 fully saturated rings. The molecular formula is C15H15BrN4O3. The van der Waals surface area contributed by atoms with Crippen LogP contribution in [0.1, 0.15) is 36.8 Å². The van der Waals surface area contributed by atoms with E-state index in [1.165, 1.54) is 4.68 Å². The maximum absolute atomic E-state index is 12.4. The third kappa shape index (κ3) is 3.12. The highest BCUT2D eigenvalue weighted by Gasteiger charge is 2.37. The molecule has 0 saturated carbocycles. The van der Waals surface area contributed by atoms with Gasteiger partial charge in [-0.25, -0.2) is 19.4 Å². The number of halogens is 1. The number of fused-ring (bicyclic) bond motifs is 1. The Morgan fingerprint density at radius 1 is 1.35 bits per heavy atom. The van der Waals surface area contributed by atoms with Crippen molar-refractivity contribution in [1.82, 2.24) is 19.7 Å². The van der Waals surface area contributed by atoms with Gasteiger partial charge >= 0.3 is 6.09 Å². The smallest absolute Gasteiger partial charge is 0.417 e. The minimum Gasteiger partial charge on any atom is -0.443 e. The Balaban J connectivity index is 1.82. The molecule has 3 heterocycles. The van der Waals surface area contributed by atoms with Gasteiger partial charge in [0.1, 0.15) is 5.60 Å². The molecule has 1 aliphatic rings. The second kappa shape index (κ2) is 5.45. The number of amides is 2. The van der Waals surface area contributed by atoms with Crippen molar-refractivity contribution >= 4 is 27.9 Å². The molecule has 3 rings (SSSR count). The van der Waals surface area contributed by atoms with E-state index in [1.807, 2.05) is 6.07 Å². The van der Waals surface area contributed by atoms with Gasteiger partial charge in [0, 0.05) is 16.9 Å². The van der Waals surface area contributed by atoms with Crippen molar-refractivity contribution in [3.8, 4) is 5.82 Å². The summed E-state index contributed by atoms with van der Waals surface area (Å²) in [6, 6.07) is 3.62. The van der Waals surface area contributed by atoms with Gasteiger partial charge in [-0.2, -0.15) is 5.10 Å². The van der Waals surface area contributed by atoms with Crippen molar-refractivity contribution in [1.29, 1.82) is 0 Å². The highest BCUT2D eigenvalue weighted by Crippen LogP contribution is 2.24. The first-order valence-electron chi connectivity index (χ1n) is 7.00. The van der Waals surface area contributed by atoms with E-state index < -0.39 is 17.6 Å². The number of rotatable bonds is 1. The van der Waals surface area contributed by atoms with Crippen LogP contribution in [0.5, 0.6) is 0 Å². The van der Waals surface area contributed by atoms with E-state index in [-0.39, 0.29) is 6.54 Å². The molecular weight excluding hydrogens is 364 g/mol. The van der Waals surface area contributed by atoms with Crippen LogP contribution in [0.15, 0.2) is 29.0 Å². The third-order valence-corrected chi connectivity index (χ3v) is 3.60. The molecule has 0 spiro atoms. The van der Waals surface area contributed by atoms with E-state index in [0.717, 1.165) is 9.37 Å². The summed E-state index contributed by atoms with van der Waals surface area (Å²) in [4.78, 5) is 29.7. The van der Waals surface area contributed by atoms with Crippen LogP contribution in [0.2, 0.25) is 0 Å². The molecule has 2 aromatic heterocycles. The summed E-state index contributed by atoms with van der Waals surface area (Å²) in [5.74, 6) is 0.192. The average Bonchev–Trinajstić information content (AvgIpc) is 2.98. The van der Waals surface area contributed by atoms with Gasteiger partial charge in [-0.1, -0.05) is 0 Å². The Hall–Kier alpha value is -2.22. The molecule has 120 valence electrons. The molecule has 2 amide bonds. The average molecular weight is 379 g/mol. The lowest BCUT2D eigenvalue weighted by Gasteiger charge is -2.23. The number of carbonyl (C=O) groups is 2. The van der Waals surface area contributed by atoms with Gasteiger partial charge in [0.05, 0.1) is 17.8 Å². The summed E-state index contributed by atoms with van der Waals surface area (Å²) in [6.07, 6.45) is 2.57. The maximum Gasteiger partial charge on any atom is 0.417 e. The Morgan fingerprint density at radius 2 is 2.09 bits per heavy atom. The molecule has 0 unspecified atom stereocenters. The Morgan fingerprint density at radius 3 is 2.65 bits per heavy atom. The van der Waals surface area contributed by atoms with Crippen LogP contribution in [0.4, 0.5) is 4.79 Å². The molecule has 7 nitrogen and oxygen atoms in total. The second-order valence-corrected chi connectivity index (χ2v) is 7.06. The minimum atomic E-state index is -0.659. The molecule has 0 aliphatic carbocycles.